The SMILES string of the molecule is O=C1CN(C(=O)NC2CCOC2)Cc2ccccc2N1. The first-order valence-electron chi connectivity index (χ1n) is 6.73. The van der Waals surface area contributed by atoms with Crippen molar-refractivity contribution in [2.75, 3.05) is 25.1 Å². The summed E-state index contributed by atoms with van der Waals surface area (Å²) < 4.78 is 5.23. The van der Waals surface area contributed by atoms with E-state index in [1.54, 1.807) is 0 Å². The van der Waals surface area contributed by atoms with E-state index in [2.05, 4.69) is 10.6 Å². The van der Waals surface area contributed by atoms with Gasteiger partial charge in [-0.1, -0.05) is 18.2 Å². The lowest BCUT2D eigenvalue weighted by Gasteiger charge is -2.22. The number of rotatable bonds is 1. The fourth-order valence-electron chi connectivity index (χ4n) is 2.46. The molecule has 0 aliphatic carbocycles. The third kappa shape index (κ3) is 2.75. The molecule has 2 N–H and O–H groups in total. The van der Waals surface area contributed by atoms with E-state index in [-0.39, 0.29) is 24.5 Å². The van der Waals surface area contributed by atoms with Crippen LogP contribution in [0.25, 0.3) is 0 Å². The van der Waals surface area contributed by atoms with Crippen molar-refractivity contribution in [3.63, 3.8) is 0 Å². The Balaban J connectivity index is 1.73. The van der Waals surface area contributed by atoms with Crippen LogP contribution < -0.4 is 10.6 Å². The Morgan fingerprint density at radius 2 is 2.20 bits per heavy atom. The highest BCUT2D eigenvalue weighted by molar-refractivity contribution is 5.96. The topological polar surface area (TPSA) is 70.7 Å². The smallest absolute Gasteiger partial charge is 0.318 e. The molecule has 0 radical (unpaired) electrons. The van der Waals surface area contributed by atoms with E-state index in [4.69, 9.17) is 4.74 Å². The van der Waals surface area contributed by atoms with E-state index in [1.807, 2.05) is 24.3 Å². The molecular formula is C14H17N3O3. The van der Waals surface area contributed by atoms with Gasteiger partial charge in [0.05, 0.1) is 19.2 Å². The van der Waals surface area contributed by atoms with Gasteiger partial charge in [0, 0.05) is 12.3 Å². The minimum absolute atomic E-state index is 0.0454. The summed E-state index contributed by atoms with van der Waals surface area (Å²) in [6.45, 7) is 1.71. The van der Waals surface area contributed by atoms with Gasteiger partial charge in [-0.25, -0.2) is 4.79 Å². The van der Waals surface area contributed by atoms with Gasteiger partial charge in [-0.3, -0.25) is 4.79 Å². The summed E-state index contributed by atoms with van der Waals surface area (Å²) in [7, 11) is 0. The predicted molar refractivity (Wildman–Crippen MR) is 73.2 cm³/mol. The Labute approximate surface area is 117 Å². The van der Waals surface area contributed by atoms with Crippen LogP contribution in [0.5, 0.6) is 0 Å². The van der Waals surface area contributed by atoms with E-state index in [1.165, 1.54) is 4.90 Å². The molecule has 6 nitrogen and oxygen atoms in total. The number of para-hydroxylation sites is 1. The second-order valence-corrected chi connectivity index (χ2v) is 5.07. The zero-order valence-corrected chi connectivity index (χ0v) is 11.1. The number of ether oxygens (including phenoxy) is 1. The number of carbonyl (C=O) groups is 2. The third-order valence-electron chi connectivity index (χ3n) is 3.53. The first-order chi connectivity index (χ1) is 9.72. The van der Waals surface area contributed by atoms with Crippen molar-refractivity contribution in [2.24, 2.45) is 0 Å². The van der Waals surface area contributed by atoms with Crippen LogP contribution in [0, 0.1) is 0 Å². The maximum Gasteiger partial charge on any atom is 0.318 e. The number of nitrogens with one attached hydrogen (secondary N) is 2. The highest BCUT2D eigenvalue weighted by atomic mass is 16.5. The Kier molecular flexibility index (Phi) is 3.56. The van der Waals surface area contributed by atoms with Gasteiger partial charge in [-0.15, -0.1) is 0 Å². The van der Waals surface area contributed by atoms with Gasteiger partial charge in [0.1, 0.15) is 6.54 Å². The highest BCUT2D eigenvalue weighted by Gasteiger charge is 2.25. The molecule has 1 aromatic rings. The highest BCUT2D eigenvalue weighted by Crippen LogP contribution is 2.20. The molecule has 2 aliphatic rings. The maximum absolute atomic E-state index is 12.2. The molecule has 106 valence electrons. The quantitative estimate of drug-likeness (QED) is 0.801. The van der Waals surface area contributed by atoms with Gasteiger partial charge in [0.2, 0.25) is 5.91 Å². The van der Waals surface area contributed by atoms with Crippen LogP contribution in [-0.2, 0) is 16.1 Å². The van der Waals surface area contributed by atoms with Gasteiger partial charge in [0.15, 0.2) is 0 Å². The van der Waals surface area contributed by atoms with E-state index in [0.29, 0.717) is 19.8 Å². The van der Waals surface area contributed by atoms with Gasteiger partial charge < -0.3 is 20.3 Å². The normalized spacial score (nSPS) is 21.9. The molecule has 2 aliphatic heterocycles. The molecule has 3 amide bonds. The van der Waals surface area contributed by atoms with Gasteiger partial charge in [0.25, 0.3) is 0 Å². The fourth-order valence-corrected chi connectivity index (χ4v) is 2.46. The van der Waals surface area contributed by atoms with E-state index < -0.39 is 0 Å². The van der Waals surface area contributed by atoms with Crippen molar-refractivity contribution in [2.45, 2.75) is 19.0 Å². The lowest BCUT2D eigenvalue weighted by atomic mass is 10.2. The standard InChI is InChI=1S/C14H17N3O3/c18-13-8-17(14(19)15-11-5-6-20-9-11)7-10-3-1-2-4-12(10)16-13/h1-4,11H,5-9H2,(H,15,19)(H,16,18). The van der Waals surface area contributed by atoms with Crippen molar-refractivity contribution in [3.05, 3.63) is 29.8 Å². The molecule has 6 heteroatoms. The molecule has 0 bridgehead atoms. The van der Waals surface area contributed by atoms with E-state index in [0.717, 1.165) is 17.7 Å². The van der Waals surface area contributed by atoms with Crippen LogP contribution in [0.4, 0.5) is 10.5 Å². The third-order valence-corrected chi connectivity index (χ3v) is 3.53. The van der Waals surface area contributed by atoms with Crippen LogP contribution in [0.1, 0.15) is 12.0 Å². The van der Waals surface area contributed by atoms with E-state index in [9.17, 15) is 9.59 Å². The minimum atomic E-state index is -0.215. The summed E-state index contributed by atoms with van der Waals surface area (Å²) in [6.07, 6.45) is 0.822. The monoisotopic (exact) mass is 275 g/mol. The molecule has 1 aromatic carbocycles. The number of urea groups is 1. The summed E-state index contributed by atoms with van der Waals surface area (Å²) in [5.41, 5.74) is 1.72. The summed E-state index contributed by atoms with van der Waals surface area (Å²) in [5.74, 6) is -0.173. The second kappa shape index (κ2) is 5.50. The average Bonchev–Trinajstić information content (AvgIpc) is 2.86. The van der Waals surface area contributed by atoms with Crippen molar-refractivity contribution in [1.29, 1.82) is 0 Å². The van der Waals surface area contributed by atoms with Gasteiger partial charge in [-0.05, 0) is 18.1 Å². The lowest BCUT2D eigenvalue weighted by molar-refractivity contribution is -0.116. The largest absolute Gasteiger partial charge is 0.379 e. The van der Waals surface area contributed by atoms with E-state index >= 15 is 0 Å². The number of carbonyl (C=O) groups excluding carboxylic acids is 2. The molecule has 1 saturated heterocycles. The average molecular weight is 275 g/mol. The zero-order valence-electron chi connectivity index (χ0n) is 11.1. The number of amides is 3. The minimum Gasteiger partial charge on any atom is -0.379 e. The fraction of sp³-hybridized carbons (Fsp3) is 0.429. The van der Waals surface area contributed by atoms with Crippen molar-refractivity contribution in [1.82, 2.24) is 10.2 Å². The molecular weight excluding hydrogens is 258 g/mol. The Morgan fingerprint density at radius 3 is 3.00 bits per heavy atom. The Bertz CT molecular complexity index is 526. The van der Waals surface area contributed by atoms with Crippen LogP contribution in [-0.4, -0.2) is 42.6 Å². The summed E-state index contributed by atoms with van der Waals surface area (Å²) in [6, 6.07) is 7.36. The van der Waals surface area contributed by atoms with Crippen molar-refractivity contribution < 1.29 is 14.3 Å². The molecule has 1 atom stereocenters. The number of hydrogen-bond donors (Lipinski definition) is 2. The van der Waals surface area contributed by atoms with Crippen LogP contribution in [0.2, 0.25) is 0 Å². The Hall–Kier alpha value is -2.08. The van der Waals surface area contributed by atoms with Crippen LogP contribution in [0.15, 0.2) is 24.3 Å². The summed E-state index contributed by atoms with van der Waals surface area (Å²) in [5, 5.41) is 5.73. The molecule has 0 saturated carbocycles. The van der Waals surface area contributed by atoms with Gasteiger partial charge in [-0.2, -0.15) is 0 Å². The van der Waals surface area contributed by atoms with Crippen LogP contribution >= 0.6 is 0 Å². The molecule has 20 heavy (non-hydrogen) atoms. The summed E-state index contributed by atoms with van der Waals surface area (Å²) >= 11 is 0. The summed E-state index contributed by atoms with van der Waals surface area (Å²) in [4.78, 5) is 25.6. The molecule has 3 rings (SSSR count). The van der Waals surface area contributed by atoms with Crippen molar-refractivity contribution >= 4 is 17.6 Å². The molecule has 0 spiro atoms. The first kappa shape index (κ1) is 12.9. The molecule has 2 heterocycles. The molecule has 1 fully saturated rings. The number of fused-ring (bicyclic) bond motifs is 1. The first-order valence-corrected chi connectivity index (χ1v) is 6.73. The van der Waals surface area contributed by atoms with Crippen molar-refractivity contribution in [3.8, 4) is 0 Å². The Morgan fingerprint density at radius 1 is 1.35 bits per heavy atom. The molecule has 0 aromatic heterocycles. The number of hydrogen-bond acceptors (Lipinski definition) is 3. The number of anilines is 1. The molecule has 1 unspecified atom stereocenters. The van der Waals surface area contributed by atoms with Gasteiger partial charge >= 0.3 is 6.03 Å². The number of nitrogens with zero attached hydrogens (tertiary/aromatic N) is 1. The lowest BCUT2D eigenvalue weighted by Crippen LogP contribution is -2.46. The zero-order chi connectivity index (χ0) is 13.9. The predicted octanol–water partition coefficient (Wildman–Crippen LogP) is 0.939. The van der Waals surface area contributed by atoms with Crippen LogP contribution in [0.3, 0.4) is 0 Å². The maximum atomic E-state index is 12.2. The second-order valence-electron chi connectivity index (χ2n) is 5.07. The number of benzene rings is 1.